The Bertz CT molecular complexity index is 356. The Hall–Kier alpha value is -0.300. The van der Waals surface area contributed by atoms with Crippen molar-refractivity contribution in [3.8, 4) is 0 Å². The fourth-order valence-electron chi connectivity index (χ4n) is 4.97. The van der Waals surface area contributed by atoms with Gasteiger partial charge in [-0.05, 0) is 54.9 Å². The van der Waals surface area contributed by atoms with Gasteiger partial charge >= 0.3 is 0 Å². The average Bonchev–Trinajstić information content (AvgIpc) is 2.48. The minimum atomic E-state index is -0.519. The van der Waals surface area contributed by atoms with Crippen LogP contribution in [-0.4, -0.2) is 10.7 Å². The van der Waals surface area contributed by atoms with Gasteiger partial charge in [-0.15, -0.1) is 0 Å². The lowest BCUT2D eigenvalue weighted by atomic mass is 9.44. The van der Waals surface area contributed by atoms with Gasteiger partial charge in [0.15, 0.2) is 0 Å². The molecule has 0 heterocycles. The summed E-state index contributed by atoms with van der Waals surface area (Å²) in [6, 6.07) is 0. The molecule has 3 saturated carbocycles. The lowest BCUT2D eigenvalue weighted by molar-refractivity contribution is -0.185. The van der Waals surface area contributed by atoms with Crippen molar-refractivity contribution >= 4 is 0 Å². The van der Waals surface area contributed by atoms with Gasteiger partial charge in [0.25, 0.3) is 0 Å². The topological polar surface area (TPSA) is 20.2 Å². The van der Waals surface area contributed by atoms with Crippen molar-refractivity contribution in [1.29, 1.82) is 0 Å². The molecule has 0 saturated heterocycles. The van der Waals surface area contributed by atoms with Crippen molar-refractivity contribution in [2.45, 2.75) is 58.5 Å². The van der Waals surface area contributed by atoms with Gasteiger partial charge < -0.3 is 5.11 Å². The summed E-state index contributed by atoms with van der Waals surface area (Å²) in [4.78, 5) is 0. The minimum absolute atomic E-state index is 0.140. The largest absolute Gasteiger partial charge is 0.385 e. The second-order valence-electron chi connectivity index (χ2n) is 7.52. The molecule has 3 rings (SSSR count). The molecule has 3 fully saturated rings. The summed E-state index contributed by atoms with van der Waals surface area (Å²) in [7, 11) is 0. The molecule has 3 aliphatic rings. The molecule has 0 aliphatic heterocycles. The molecule has 0 spiro atoms. The lowest BCUT2D eigenvalue weighted by Gasteiger charge is -2.63. The van der Waals surface area contributed by atoms with Crippen LogP contribution in [-0.2, 0) is 0 Å². The van der Waals surface area contributed by atoms with Gasteiger partial charge in [-0.3, -0.25) is 0 Å². The standard InChI is InChI=1S/C15H24O/c1-10-7-11-8-13(2,3)9-12(11)14(4)5-6-15(10,14)16/h11-12,16H,1,5-9H2,2-4H3/t11-,12+,14-,15-/m0/s1. The molecule has 1 N–H and O–H groups in total. The normalized spacial score (nSPS) is 54.1. The number of hydrogen-bond acceptors (Lipinski definition) is 1. The van der Waals surface area contributed by atoms with E-state index in [1.807, 2.05) is 0 Å². The number of rotatable bonds is 0. The Kier molecular flexibility index (Phi) is 1.86. The molecule has 0 aromatic rings. The molecule has 1 nitrogen and oxygen atoms in total. The number of aliphatic hydroxyl groups is 1. The maximum Gasteiger partial charge on any atom is 0.0910 e. The van der Waals surface area contributed by atoms with Crippen LogP contribution >= 0.6 is 0 Å². The smallest absolute Gasteiger partial charge is 0.0910 e. The van der Waals surface area contributed by atoms with Crippen LogP contribution in [0.25, 0.3) is 0 Å². The summed E-state index contributed by atoms with van der Waals surface area (Å²) in [6.07, 6.45) is 5.83. The fraction of sp³-hybridized carbons (Fsp3) is 0.867. The first kappa shape index (κ1) is 10.8. The Morgan fingerprint density at radius 2 is 1.88 bits per heavy atom. The number of hydrogen-bond donors (Lipinski definition) is 1. The molecule has 1 heteroatoms. The summed E-state index contributed by atoms with van der Waals surface area (Å²) in [5.41, 5.74) is 1.22. The first-order chi connectivity index (χ1) is 7.29. The van der Waals surface area contributed by atoms with E-state index >= 15 is 0 Å². The second kappa shape index (κ2) is 2.75. The molecule has 0 aromatic heterocycles. The molecule has 16 heavy (non-hydrogen) atoms. The highest BCUT2D eigenvalue weighted by Crippen LogP contribution is 2.69. The van der Waals surface area contributed by atoms with Crippen molar-refractivity contribution in [1.82, 2.24) is 0 Å². The predicted octanol–water partition coefficient (Wildman–Crippen LogP) is 3.53. The summed E-state index contributed by atoms with van der Waals surface area (Å²) < 4.78 is 0. The van der Waals surface area contributed by atoms with Gasteiger partial charge in [0.2, 0.25) is 0 Å². The van der Waals surface area contributed by atoms with E-state index in [-0.39, 0.29) is 5.41 Å². The molecule has 3 aliphatic carbocycles. The molecule has 4 atom stereocenters. The van der Waals surface area contributed by atoms with Gasteiger partial charge in [0, 0.05) is 5.41 Å². The van der Waals surface area contributed by atoms with Gasteiger partial charge in [0.05, 0.1) is 5.60 Å². The third kappa shape index (κ3) is 1.06. The van der Waals surface area contributed by atoms with Crippen molar-refractivity contribution in [2.24, 2.45) is 22.7 Å². The van der Waals surface area contributed by atoms with Crippen LogP contribution in [0, 0.1) is 22.7 Å². The van der Waals surface area contributed by atoms with Crippen molar-refractivity contribution in [3.05, 3.63) is 12.2 Å². The van der Waals surface area contributed by atoms with Gasteiger partial charge in [0.1, 0.15) is 0 Å². The maximum absolute atomic E-state index is 10.8. The highest BCUT2D eigenvalue weighted by atomic mass is 16.3. The Labute approximate surface area is 98.9 Å². The van der Waals surface area contributed by atoms with Crippen LogP contribution in [0.3, 0.4) is 0 Å². The first-order valence-corrected chi connectivity index (χ1v) is 6.69. The maximum atomic E-state index is 10.8. The quantitative estimate of drug-likeness (QED) is 0.619. The molecule has 0 amide bonds. The lowest BCUT2D eigenvalue weighted by Crippen LogP contribution is -2.63. The Morgan fingerprint density at radius 3 is 2.44 bits per heavy atom. The summed E-state index contributed by atoms with van der Waals surface area (Å²) in [5.74, 6) is 1.51. The fourth-order valence-corrected chi connectivity index (χ4v) is 4.97. The first-order valence-electron chi connectivity index (χ1n) is 6.69. The van der Waals surface area contributed by atoms with Crippen molar-refractivity contribution in [3.63, 3.8) is 0 Å². The van der Waals surface area contributed by atoms with Crippen LogP contribution in [0.4, 0.5) is 0 Å². The van der Waals surface area contributed by atoms with Gasteiger partial charge in [-0.2, -0.15) is 0 Å². The minimum Gasteiger partial charge on any atom is -0.385 e. The molecule has 0 unspecified atom stereocenters. The zero-order valence-corrected chi connectivity index (χ0v) is 10.8. The molecular weight excluding hydrogens is 196 g/mol. The Balaban J connectivity index is 1.99. The molecule has 90 valence electrons. The van der Waals surface area contributed by atoms with E-state index in [2.05, 4.69) is 27.4 Å². The van der Waals surface area contributed by atoms with E-state index in [4.69, 9.17) is 0 Å². The molecule has 0 bridgehead atoms. The van der Waals surface area contributed by atoms with Crippen LogP contribution in [0.15, 0.2) is 12.2 Å². The van der Waals surface area contributed by atoms with Crippen LogP contribution in [0.1, 0.15) is 52.9 Å². The Morgan fingerprint density at radius 1 is 1.19 bits per heavy atom. The average molecular weight is 220 g/mol. The molecule has 0 aromatic carbocycles. The zero-order chi connectivity index (χ0) is 11.8. The number of fused-ring (bicyclic) bond motifs is 3. The van der Waals surface area contributed by atoms with Crippen molar-refractivity contribution in [2.75, 3.05) is 0 Å². The predicted molar refractivity (Wildman–Crippen MR) is 66.0 cm³/mol. The van der Waals surface area contributed by atoms with Gasteiger partial charge in [-0.1, -0.05) is 27.4 Å². The van der Waals surface area contributed by atoms with Gasteiger partial charge in [-0.25, -0.2) is 0 Å². The highest BCUT2D eigenvalue weighted by molar-refractivity contribution is 5.31. The third-order valence-corrected chi connectivity index (χ3v) is 6.02. The molecule has 0 radical (unpaired) electrons. The third-order valence-electron chi connectivity index (χ3n) is 6.02. The zero-order valence-electron chi connectivity index (χ0n) is 10.8. The highest BCUT2D eigenvalue weighted by Gasteiger charge is 2.66. The summed E-state index contributed by atoms with van der Waals surface area (Å²) in [5, 5.41) is 10.8. The van der Waals surface area contributed by atoms with E-state index in [0.29, 0.717) is 5.41 Å². The van der Waals surface area contributed by atoms with Crippen molar-refractivity contribution < 1.29 is 5.11 Å². The molecular formula is C15H24O. The SMILES string of the molecule is C=C1C[C@H]2CC(C)(C)C[C@H]2[C@]2(C)CC[C@]12O. The van der Waals surface area contributed by atoms with E-state index in [0.717, 1.165) is 30.3 Å². The van der Waals surface area contributed by atoms with E-state index in [1.165, 1.54) is 19.3 Å². The second-order valence-corrected chi connectivity index (χ2v) is 7.52. The van der Waals surface area contributed by atoms with E-state index < -0.39 is 5.60 Å². The summed E-state index contributed by atoms with van der Waals surface area (Å²) in [6.45, 7) is 11.2. The van der Waals surface area contributed by atoms with E-state index in [9.17, 15) is 5.11 Å². The van der Waals surface area contributed by atoms with E-state index in [1.54, 1.807) is 0 Å². The summed E-state index contributed by atoms with van der Waals surface area (Å²) >= 11 is 0. The van der Waals surface area contributed by atoms with Crippen LogP contribution < -0.4 is 0 Å². The monoisotopic (exact) mass is 220 g/mol. The van der Waals surface area contributed by atoms with Crippen LogP contribution in [0.2, 0.25) is 0 Å². The van der Waals surface area contributed by atoms with Crippen LogP contribution in [0.5, 0.6) is 0 Å².